The van der Waals surface area contributed by atoms with E-state index in [0.717, 1.165) is 15.9 Å². The molecular formula is C39H47N4O5PSi. The van der Waals surface area contributed by atoms with Crippen LogP contribution in [0.4, 0.5) is 0 Å². The third-order valence-corrected chi connectivity index (χ3v) is 18.7. The summed E-state index contributed by atoms with van der Waals surface area (Å²) in [5.74, 6) is -1.91. The number of nitrogens with zero attached hydrogens (tertiary/aromatic N) is 4. The molecule has 1 amide bonds. The summed E-state index contributed by atoms with van der Waals surface area (Å²) in [5, 5.41) is 10.5. The third-order valence-electron chi connectivity index (χ3n) is 9.84. The second-order valence-electron chi connectivity index (χ2n) is 14.2. The Balaban J connectivity index is 1.84. The van der Waals surface area contributed by atoms with Crippen LogP contribution in [0.3, 0.4) is 0 Å². The number of carbonyl (C=O) groups is 3. The van der Waals surface area contributed by atoms with Gasteiger partial charge in [-0.25, -0.2) is 4.79 Å². The van der Waals surface area contributed by atoms with Crippen molar-refractivity contribution in [2.24, 2.45) is 13.0 Å². The first kappa shape index (κ1) is 36.9. The van der Waals surface area contributed by atoms with Gasteiger partial charge in [0, 0.05) is 20.4 Å². The zero-order valence-electron chi connectivity index (χ0n) is 29.9. The number of benzene rings is 3. The summed E-state index contributed by atoms with van der Waals surface area (Å²) in [4.78, 5) is 45.2. The molecule has 1 aromatic heterocycles. The molecule has 5 rings (SSSR count). The van der Waals surface area contributed by atoms with Crippen LogP contribution in [0.5, 0.6) is 0 Å². The first-order chi connectivity index (χ1) is 23.7. The zero-order valence-corrected chi connectivity index (χ0v) is 31.8. The second-order valence-corrected chi connectivity index (χ2v) is 22.2. The molecule has 9 nitrogen and oxygen atoms in total. The maximum absolute atomic E-state index is 14.9. The molecule has 0 unspecified atom stereocenters. The van der Waals surface area contributed by atoms with E-state index in [2.05, 4.69) is 50.8 Å². The largest absolute Gasteiger partial charge is 0.457 e. The summed E-state index contributed by atoms with van der Waals surface area (Å²) in [6.45, 7) is 13.2. The maximum atomic E-state index is 14.9. The summed E-state index contributed by atoms with van der Waals surface area (Å²) >= 11 is 0. The maximum Gasteiger partial charge on any atom is 0.356 e. The lowest BCUT2D eigenvalue weighted by molar-refractivity contribution is -0.156. The molecule has 0 saturated carbocycles. The summed E-state index contributed by atoms with van der Waals surface area (Å²) in [6, 6.07) is 28.7. The van der Waals surface area contributed by atoms with Gasteiger partial charge in [-0.1, -0.05) is 130 Å². The summed E-state index contributed by atoms with van der Waals surface area (Å²) in [6.07, 6.45) is 2.46. The van der Waals surface area contributed by atoms with E-state index in [-0.39, 0.29) is 40.9 Å². The number of rotatable bonds is 13. The highest BCUT2D eigenvalue weighted by molar-refractivity contribution is 7.96. The molecule has 0 radical (unpaired) electrons. The Bertz CT molecular complexity index is 1800. The number of Topliss-reactive ketones (excluding diaryl/α,β-unsaturated/α-hetero) is 1. The molecule has 0 N–H and O–H groups in total. The molecule has 11 heteroatoms. The van der Waals surface area contributed by atoms with Gasteiger partial charge in [0.1, 0.15) is 17.7 Å². The number of β-lactam (4-membered cyclic amide) rings is 1. The van der Waals surface area contributed by atoms with Crippen LogP contribution in [0.15, 0.2) is 110 Å². The van der Waals surface area contributed by atoms with Crippen molar-refractivity contribution in [3.8, 4) is 0 Å². The number of ketones is 1. The van der Waals surface area contributed by atoms with E-state index in [9.17, 15) is 14.4 Å². The van der Waals surface area contributed by atoms with Crippen LogP contribution in [-0.4, -0.2) is 70.0 Å². The minimum absolute atomic E-state index is 0.0553. The van der Waals surface area contributed by atoms with Crippen LogP contribution in [-0.2, 0) is 25.8 Å². The molecule has 0 bridgehead atoms. The summed E-state index contributed by atoms with van der Waals surface area (Å²) in [5.41, 5.74) is 0.398. The van der Waals surface area contributed by atoms with Crippen molar-refractivity contribution in [3.05, 3.63) is 116 Å². The molecule has 3 atom stereocenters. The molecule has 0 aliphatic carbocycles. The predicted molar refractivity (Wildman–Crippen MR) is 203 cm³/mol. The van der Waals surface area contributed by atoms with Gasteiger partial charge in [-0.3, -0.25) is 14.3 Å². The molecular weight excluding hydrogens is 664 g/mol. The first-order valence-electron chi connectivity index (χ1n) is 16.9. The van der Waals surface area contributed by atoms with Gasteiger partial charge in [0.2, 0.25) is 5.91 Å². The number of likely N-dealkylation sites (tertiary alicyclic amines) is 1. The number of aryl methyl sites for hydroxylation is 1. The summed E-state index contributed by atoms with van der Waals surface area (Å²) < 4.78 is 14.2. The van der Waals surface area contributed by atoms with Crippen molar-refractivity contribution >= 4 is 54.2 Å². The number of hydrogen-bond donors (Lipinski definition) is 0. The SMILES string of the molecule is C=CCOC(=O)C(N1C(=O)[C@H]([C@@H](C)O[Si](C)(C)C(C)(C)C)[C@H]1CC(=O)c1cn(C)nn1)=P(c1ccccc1)(c1ccccc1)c1ccccc1. The number of carbonyl (C=O) groups excluding carboxylic acids is 3. The molecule has 2 heterocycles. The molecule has 1 saturated heterocycles. The average Bonchev–Trinajstić information content (AvgIpc) is 3.53. The number of ether oxygens (including phenoxy) is 1. The van der Waals surface area contributed by atoms with E-state index in [1.807, 2.05) is 97.9 Å². The fourth-order valence-electron chi connectivity index (χ4n) is 6.41. The first-order valence-corrected chi connectivity index (χ1v) is 21.6. The van der Waals surface area contributed by atoms with E-state index in [0.29, 0.717) is 0 Å². The lowest BCUT2D eigenvalue weighted by Crippen LogP contribution is -2.69. The quantitative estimate of drug-likeness (QED) is 0.0453. The van der Waals surface area contributed by atoms with Crippen molar-refractivity contribution < 1.29 is 23.5 Å². The molecule has 50 heavy (non-hydrogen) atoms. The van der Waals surface area contributed by atoms with Gasteiger partial charge in [-0.2, -0.15) is 0 Å². The Kier molecular flexibility index (Phi) is 11.0. The molecule has 4 aromatic rings. The van der Waals surface area contributed by atoms with Crippen molar-refractivity contribution in [1.29, 1.82) is 0 Å². The van der Waals surface area contributed by atoms with Crippen LogP contribution in [0.25, 0.3) is 0 Å². The standard InChI is InChI=1S/C39H47N4O5PSi/c1-9-25-47-38(46)37(49(29-19-13-10-14-20-29,30-21-15-11-16-22-30)31-23-17-12-18-24-31)43-33(26-34(44)32-27-42(6)41-40-32)35(36(43)45)28(2)48-50(7,8)39(3,4)5/h9-24,27-28,33,35H,1,25-26H2,2-8H3/t28-,33-,35-/m1/s1. The Labute approximate surface area is 296 Å². The smallest absolute Gasteiger partial charge is 0.356 e. The van der Waals surface area contributed by atoms with E-state index in [1.54, 1.807) is 18.1 Å². The van der Waals surface area contributed by atoms with E-state index < -0.39 is 39.2 Å². The highest BCUT2D eigenvalue weighted by Crippen LogP contribution is 2.50. The van der Waals surface area contributed by atoms with E-state index in [4.69, 9.17) is 9.16 Å². The van der Waals surface area contributed by atoms with Gasteiger partial charge in [0.15, 0.2) is 14.1 Å². The van der Waals surface area contributed by atoms with Gasteiger partial charge in [-0.15, -0.1) is 5.10 Å². The van der Waals surface area contributed by atoms with Crippen molar-refractivity contribution in [1.82, 2.24) is 19.9 Å². The number of esters is 1. The molecule has 0 spiro atoms. The van der Waals surface area contributed by atoms with Gasteiger partial charge < -0.3 is 14.1 Å². The van der Waals surface area contributed by atoms with Crippen LogP contribution < -0.4 is 15.9 Å². The third kappa shape index (κ3) is 6.97. The van der Waals surface area contributed by atoms with E-state index in [1.165, 1.54) is 10.8 Å². The molecule has 1 aliphatic rings. The minimum Gasteiger partial charge on any atom is -0.457 e. The number of hydrogen-bond acceptors (Lipinski definition) is 7. The van der Waals surface area contributed by atoms with Gasteiger partial charge >= 0.3 is 5.97 Å². The Morgan fingerprint density at radius 1 is 0.940 bits per heavy atom. The Morgan fingerprint density at radius 2 is 1.44 bits per heavy atom. The zero-order chi connectivity index (χ0) is 36.3. The van der Waals surface area contributed by atoms with E-state index >= 15 is 0 Å². The predicted octanol–water partition coefficient (Wildman–Crippen LogP) is 5.48. The van der Waals surface area contributed by atoms with Crippen LogP contribution >= 0.6 is 6.89 Å². The fraction of sp³-hybridized carbons (Fsp3) is 0.333. The second kappa shape index (κ2) is 14.9. The molecule has 1 fully saturated rings. The monoisotopic (exact) mass is 710 g/mol. The summed E-state index contributed by atoms with van der Waals surface area (Å²) in [7, 11) is -0.645. The van der Waals surface area contributed by atoms with Crippen molar-refractivity contribution in [2.75, 3.05) is 6.61 Å². The molecule has 262 valence electrons. The Hall–Kier alpha value is -4.37. The highest BCUT2D eigenvalue weighted by atomic mass is 31.2. The topological polar surface area (TPSA) is 104 Å². The molecule has 1 aliphatic heterocycles. The van der Waals surface area contributed by atoms with Crippen LogP contribution in [0, 0.1) is 5.92 Å². The lowest BCUT2D eigenvalue weighted by Gasteiger charge is -2.52. The highest BCUT2D eigenvalue weighted by Gasteiger charge is 2.57. The number of aromatic nitrogens is 3. The van der Waals surface area contributed by atoms with Gasteiger partial charge in [0.25, 0.3) is 0 Å². The molecule has 3 aromatic carbocycles. The fourth-order valence-corrected chi connectivity index (χ4v) is 12.2. The van der Waals surface area contributed by atoms with Crippen LogP contribution in [0.2, 0.25) is 18.1 Å². The number of amides is 1. The Morgan fingerprint density at radius 3 is 1.86 bits per heavy atom. The van der Waals surface area contributed by atoms with Gasteiger partial charge in [-0.05, 0) is 41.0 Å². The van der Waals surface area contributed by atoms with Crippen molar-refractivity contribution in [3.63, 3.8) is 0 Å². The lowest BCUT2D eigenvalue weighted by atomic mass is 9.80. The minimum atomic E-state index is -3.15. The van der Waals surface area contributed by atoms with Crippen LogP contribution in [0.1, 0.15) is 44.6 Å². The van der Waals surface area contributed by atoms with Crippen molar-refractivity contribution in [2.45, 2.75) is 64.4 Å². The van der Waals surface area contributed by atoms with Gasteiger partial charge in [0.05, 0.1) is 24.3 Å². The average molecular weight is 711 g/mol. The normalized spacial score (nSPS) is 17.1.